The van der Waals surface area contributed by atoms with E-state index in [0.717, 1.165) is 32.3 Å². The SMILES string of the molecule is CC(C)c1cccc(C(C)C)c1N1C(=O)c2ccc3c4c(c5c(sc6ccccc65)c(c24)C1=O)C(=O)N(c1c(C(C)C)cccc1C(C)C)C3=O. The van der Waals surface area contributed by atoms with Crippen LogP contribution in [0.5, 0.6) is 0 Å². The topological polar surface area (TPSA) is 74.8 Å². The molecule has 2 aliphatic rings. The highest BCUT2D eigenvalue weighted by Crippen LogP contribution is 2.51. The molecule has 4 amide bonds. The number of benzene rings is 5. The Labute approximate surface area is 301 Å². The molecular weight excluding hydrogens is 653 g/mol. The Kier molecular flexibility index (Phi) is 7.58. The second-order valence-electron chi connectivity index (χ2n) is 15.0. The van der Waals surface area contributed by atoms with Gasteiger partial charge in [0.05, 0.1) is 22.5 Å². The van der Waals surface area contributed by atoms with Gasteiger partial charge in [-0.2, -0.15) is 0 Å². The van der Waals surface area contributed by atoms with Gasteiger partial charge in [-0.05, 0) is 64.1 Å². The number of hydrogen-bond donors (Lipinski definition) is 0. The van der Waals surface area contributed by atoms with Gasteiger partial charge < -0.3 is 0 Å². The summed E-state index contributed by atoms with van der Waals surface area (Å²) >= 11 is 1.45. The molecule has 0 saturated heterocycles. The maximum atomic E-state index is 15.3. The molecule has 256 valence electrons. The zero-order chi connectivity index (χ0) is 36.2. The van der Waals surface area contributed by atoms with Gasteiger partial charge in [-0.3, -0.25) is 19.2 Å². The summed E-state index contributed by atoms with van der Waals surface area (Å²) in [5.74, 6) is -1.58. The molecule has 6 nitrogen and oxygen atoms in total. The van der Waals surface area contributed by atoms with Crippen molar-refractivity contribution in [3.8, 4) is 0 Å². The minimum absolute atomic E-state index is 0.0451. The predicted molar refractivity (Wildman–Crippen MR) is 208 cm³/mol. The lowest BCUT2D eigenvalue weighted by atomic mass is 9.82. The Hall–Kier alpha value is -5.14. The number of carbonyl (C=O) groups excluding carboxylic acids is 4. The quantitative estimate of drug-likeness (QED) is 0.163. The molecule has 0 unspecified atom stereocenters. The first-order valence-electron chi connectivity index (χ1n) is 17.8. The lowest BCUT2D eigenvalue weighted by molar-refractivity contribution is 0.0874. The molecule has 3 heterocycles. The van der Waals surface area contributed by atoms with Crippen LogP contribution in [-0.4, -0.2) is 23.6 Å². The third-order valence-corrected chi connectivity index (χ3v) is 11.8. The molecule has 2 aliphatic heterocycles. The maximum Gasteiger partial charge on any atom is 0.267 e. The Bertz CT molecular complexity index is 2480. The van der Waals surface area contributed by atoms with Crippen LogP contribution in [0.4, 0.5) is 11.4 Å². The van der Waals surface area contributed by atoms with Gasteiger partial charge in [0.2, 0.25) is 0 Å². The number of hydrogen-bond acceptors (Lipinski definition) is 5. The molecule has 8 rings (SSSR count). The normalized spacial score (nSPS) is 14.7. The Morgan fingerprint density at radius 1 is 0.451 bits per heavy atom. The Morgan fingerprint density at radius 2 is 0.863 bits per heavy atom. The summed E-state index contributed by atoms with van der Waals surface area (Å²) in [4.78, 5) is 62.9. The molecule has 0 radical (unpaired) electrons. The van der Waals surface area contributed by atoms with E-state index in [1.54, 1.807) is 12.1 Å². The Balaban J connectivity index is 1.50. The standard InChI is InChI=1S/C44H40N2O4S/c1-21(2)25-14-11-15-26(22(3)4)38(25)45-41(47)30-19-20-31-34-33(30)36(43(45)49)35-29-13-9-10-18-32(29)51-40(35)37(34)44(50)46(42(31)48)39-27(23(5)6)16-12-17-28(39)24(7)8/h9-24H,1-8H3. The Morgan fingerprint density at radius 3 is 1.31 bits per heavy atom. The number of amides is 4. The minimum atomic E-state index is -0.450. The number of thiophene rings is 1. The highest BCUT2D eigenvalue weighted by atomic mass is 32.1. The molecule has 0 N–H and O–H groups in total. The van der Waals surface area contributed by atoms with E-state index >= 15 is 9.59 Å². The molecule has 1 aromatic heterocycles. The number of nitrogens with zero attached hydrogens (tertiary/aromatic N) is 2. The van der Waals surface area contributed by atoms with E-state index in [9.17, 15) is 9.59 Å². The molecule has 5 aromatic carbocycles. The van der Waals surface area contributed by atoms with Gasteiger partial charge in [-0.15, -0.1) is 11.3 Å². The van der Waals surface area contributed by atoms with Gasteiger partial charge in [0.1, 0.15) is 0 Å². The van der Waals surface area contributed by atoms with Crippen LogP contribution in [0.2, 0.25) is 0 Å². The number of carbonyl (C=O) groups is 4. The van der Waals surface area contributed by atoms with E-state index < -0.39 is 23.6 Å². The van der Waals surface area contributed by atoms with E-state index in [1.165, 1.54) is 21.1 Å². The van der Waals surface area contributed by atoms with Crippen LogP contribution in [0.25, 0.3) is 30.9 Å². The smallest absolute Gasteiger partial charge is 0.267 e. The van der Waals surface area contributed by atoms with Crippen molar-refractivity contribution in [1.82, 2.24) is 0 Å². The first-order chi connectivity index (χ1) is 24.3. The van der Waals surface area contributed by atoms with Crippen LogP contribution in [-0.2, 0) is 0 Å². The van der Waals surface area contributed by atoms with Gasteiger partial charge in [0.15, 0.2) is 0 Å². The average molecular weight is 693 g/mol. The highest BCUT2D eigenvalue weighted by Gasteiger charge is 2.45. The molecule has 0 bridgehead atoms. The zero-order valence-electron chi connectivity index (χ0n) is 30.2. The molecule has 6 aromatic rings. The largest absolute Gasteiger partial charge is 0.268 e. The van der Waals surface area contributed by atoms with Crippen molar-refractivity contribution in [2.45, 2.75) is 79.1 Å². The van der Waals surface area contributed by atoms with Crippen molar-refractivity contribution in [2.75, 3.05) is 9.80 Å². The molecule has 51 heavy (non-hydrogen) atoms. The molecule has 0 spiro atoms. The van der Waals surface area contributed by atoms with Gasteiger partial charge in [-0.1, -0.05) is 110 Å². The molecule has 0 atom stereocenters. The lowest BCUT2D eigenvalue weighted by Gasteiger charge is -2.36. The summed E-state index contributed by atoms with van der Waals surface area (Å²) in [6, 6.07) is 23.2. The van der Waals surface area contributed by atoms with Crippen LogP contribution < -0.4 is 9.80 Å². The fourth-order valence-electron chi connectivity index (χ4n) is 8.20. The molecule has 0 saturated carbocycles. The fraction of sp³-hybridized carbons (Fsp3) is 0.273. The first kappa shape index (κ1) is 33.0. The molecule has 7 heteroatoms. The van der Waals surface area contributed by atoms with Gasteiger partial charge in [0.25, 0.3) is 23.6 Å². The number of rotatable bonds is 6. The van der Waals surface area contributed by atoms with E-state index in [1.807, 2.05) is 60.7 Å². The third-order valence-electron chi connectivity index (χ3n) is 10.6. The fourth-order valence-corrected chi connectivity index (χ4v) is 9.45. The minimum Gasteiger partial charge on any atom is -0.268 e. The van der Waals surface area contributed by atoms with Crippen LogP contribution in [0.3, 0.4) is 0 Å². The molecular formula is C44H40N2O4S. The zero-order valence-corrected chi connectivity index (χ0v) is 31.0. The van der Waals surface area contributed by atoms with E-state index in [0.29, 0.717) is 54.5 Å². The van der Waals surface area contributed by atoms with E-state index in [2.05, 4.69) is 55.4 Å². The monoisotopic (exact) mass is 692 g/mol. The predicted octanol–water partition coefficient (Wildman–Crippen LogP) is 11.3. The first-order valence-corrected chi connectivity index (χ1v) is 18.6. The second-order valence-corrected chi connectivity index (χ2v) is 16.1. The molecule has 0 aliphatic carbocycles. The summed E-state index contributed by atoms with van der Waals surface area (Å²) < 4.78 is 1.57. The number of para-hydroxylation sites is 2. The second kappa shape index (κ2) is 11.7. The number of anilines is 2. The van der Waals surface area contributed by atoms with Crippen molar-refractivity contribution in [3.05, 3.63) is 117 Å². The summed E-state index contributed by atoms with van der Waals surface area (Å²) in [6.45, 7) is 16.5. The average Bonchev–Trinajstić information content (AvgIpc) is 3.48. The van der Waals surface area contributed by atoms with Crippen LogP contribution in [0, 0.1) is 0 Å². The summed E-state index contributed by atoms with van der Waals surface area (Å²) in [7, 11) is 0. The maximum absolute atomic E-state index is 15.3. The highest BCUT2D eigenvalue weighted by molar-refractivity contribution is 7.26. The van der Waals surface area contributed by atoms with Crippen molar-refractivity contribution >= 4 is 77.3 Å². The van der Waals surface area contributed by atoms with Crippen LogP contribution in [0.15, 0.2) is 72.8 Å². The number of imide groups is 2. The van der Waals surface area contributed by atoms with Crippen molar-refractivity contribution in [1.29, 1.82) is 0 Å². The van der Waals surface area contributed by atoms with E-state index in [-0.39, 0.29) is 23.7 Å². The van der Waals surface area contributed by atoms with Crippen LogP contribution in [0.1, 0.15) is 143 Å². The van der Waals surface area contributed by atoms with E-state index in [4.69, 9.17) is 0 Å². The van der Waals surface area contributed by atoms with Crippen molar-refractivity contribution < 1.29 is 19.2 Å². The van der Waals surface area contributed by atoms with Gasteiger partial charge in [-0.25, -0.2) is 9.80 Å². The van der Waals surface area contributed by atoms with Gasteiger partial charge >= 0.3 is 0 Å². The summed E-state index contributed by atoms with van der Waals surface area (Å²) in [6.07, 6.45) is 0. The molecule has 0 fully saturated rings. The summed E-state index contributed by atoms with van der Waals surface area (Å²) in [5, 5.41) is 2.27. The van der Waals surface area contributed by atoms with Crippen molar-refractivity contribution in [3.63, 3.8) is 0 Å². The third kappa shape index (κ3) is 4.53. The lowest BCUT2D eigenvalue weighted by Crippen LogP contribution is -2.44. The van der Waals surface area contributed by atoms with Crippen molar-refractivity contribution in [2.24, 2.45) is 0 Å². The van der Waals surface area contributed by atoms with Gasteiger partial charge in [0, 0.05) is 42.1 Å². The number of fused-ring (bicyclic) bond motifs is 5. The summed E-state index contributed by atoms with van der Waals surface area (Å²) in [5.41, 5.74) is 6.25. The van der Waals surface area contributed by atoms with Crippen LogP contribution >= 0.6 is 11.3 Å².